The number of amides is 12. The second-order valence-electron chi connectivity index (χ2n) is 29.2. The van der Waals surface area contributed by atoms with E-state index in [2.05, 4.69) is 31.9 Å². The Balaban J connectivity index is 1.19. The van der Waals surface area contributed by atoms with Crippen molar-refractivity contribution in [1.29, 1.82) is 0 Å². The van der Waals surface area contributed by atoms with Crippen molar-refractivity contribution in [3.8, 4) is 0 Å². The fourth-order valence-electron chi connectivity index (χ4n) is 14.0. The predicted molar refractivity (Wildman–Crippen MR) is 399 cm³/mol. The molecule has 12 N–H and O–H groups in total. The van der Waals surface area contributed by atoms with Gasteiger partial charge < -0.3 is 91.5 Å². The number of anilines is 1. The van der Waals surface area contributed by atoms with Gasteiger partial charge in [-0.05, 0) is 98.6 Å². The first-order valence-electron chi connectivity index (χ1n) is 37.2. The van der Waals surface area contributed by atoms with Gasteiger partial charge in [0.1, 0.15) is 61.3 Å². The fourth-order valence-corrected chi connectivity index (χ4v) is 14.6. The van der Waals surface area contributed by atoms with Gasteiger partial charge in [-0.25, -0.2) is 9.59 Å². The molecular weight excluding hydrogens is 1410 g/mol. The molecule has 0 saturated carbocycles. The van der Waals surface area contributed by atoms with E-state index in [0.717, 1.165) is 4.90 Å². The quantitative estimate of drug-likeness (QED) is 0.0335. The summed E-state index contributed by atoms with van der Waals surface area (Å²) in [5, 5.41) is 58.0. The zero-order chi connectivity index (χ0) is 79.7. The molecule has 3 saturated heterocycles. The second kappa shape index (κ2) is 43.6. The summed E-state index contributed by atoms with van der Waals surface area (Å²) in [6, 6.07) is 8.01. The lowest BCUT2D eigenvalue weighted by Gasteiger charge is -2.42. The topological polar surface area (TPSA) is 426 Å². The highest BCUT2D eigenvalue weighted by atomic mass is 32.2. The lowest BCUT2D eigenvalue weighted by atomic mass is 9.89. The maximum absolute atomic E-state index is 14.9. The lowest BCUT2D eigenvalue weighted by molar-refractivity contribution is -0.314. The Hall–Kier alpha value is -7.56. The van der Waals surface area contributed by atoms with Crippen molar-refractivity contribution in [2.75, 3.05) is 66.1 Å². The molecule has 3 fully saturated rings. The summed E-state index contributed by atoms with van der Waals surface area (Å²) in [5.74, 6) is -6.21. The number of nitrogens with zero attached hydrogens (tertiary/aromatic N) is 4. The number of hydrogen-bond donors (Lipinski definition) is 11. The number of nitrogens with one attached hydrogen (secondary N) is 6. The summed E-state index contributed by atoms with van der Waals surface area (Å²) in [5.41, 5.74) is 6.69. The van der Waals surface area contributed by atoms with Crippen LogP contribution in [0, 0.1) is 29.6 Å². The van der Waals surface area contributed by atoms with Crippen molar-refractivity contribution in [3.05, 3.63) is 65.7 Å². The molecular formula is C75H119N11O20S. The zero-order valence-corrected chi connectivity index (χ0v) is 65.5. The molecule has 0 aromatic heterocycles. The van der Waals surface area contributed by atoms with E-state index in [4.69, 9.17) is 29.4 Å². The van der Waals surface area contributed by atoms with Crippen molar-refractivity contribution < 1.29 is 96.9 Å². The largest absolute Gasteiger partial charge is 0.445 e. The Morgan fingerprint density at radius 3 is 1.99 bits per heavy atom. The smallest absolute Gasteiger partial charge is 0.410 e. The van der Waals surface area contributed by atoms with E-state index >= 15 is 0 Å². The number of aliphatic hydroxyl groups excluding tert-OH is 4. The highest BCUT2D eigenvalue weighted by molar-refractivity contribution is 8.00. The molecule has 3 aliphatic heterocycles. The third-order valence-electron chi connectivity index (χ3n) is 20.4. The van der Waals surface area contributed by atoms with E-state index < -0.39 is 157 Å². The molecule has 12 amide bonds. The molecule has 600 valence electrons. The number of ether oxygens (including phenoxy) is 5. The number of urea groups is 1. The molecule has 5 rings (SSSR count). The Labute approximate surface area is 633 Å². The first kappa shape index (κ1) is 90.1. The van der Waals surface area contributed by atoms with Crippen LogP contribution in [0.15, 0.2) is 54.6 Å². The van der Waals surface area contributed by atoms with Crippen molar-refractivity contribution >= 4 is 82.7 Å². The van der Waals surface area contributed by atoms with E-state index in [1.807, 2.05) is 13.8 Å². The summed E-state index contributed by atoms with van der Waals surface area (Å²) in [7, 11) is 5.97. The molecule has 18 atom stereocenters. The number of benzene rings is 2. The minimum atomic E-state index is -1.70. The van der Waals surface area contributed by atoms with Crippen LogP contribution in [0.1, 0.15) is 157 Å². The van der Waals surface area contributed by atoms with Crippen LogP contribution in [0.25, 0.3) is 0 Å². The number of methoxy groups -OCH3 is 2. The fraction of sp³-hybridized carbons (Fsp3) is 0.693. The molecule has 3 aliphatic rings. The third kappa shape index (κ3) is 25.2. The molecule has 2 aromatic rings. The Morgan fingerprint density at radius 1 is 0.748 bits per heavy atom. The first-order valence-corrected chi connectivity index (χ1v) is 38.5. The van der Waals surface area contributed by atoms with Gasteiger partial charge in [0.25, 0.3) is 0 Å². The van der Waals surface area contributed by atoms with Gasteiger partial charge in [-0.3, -0.25) is 53.0 Å². The monoisotopic (exact) mass is 1530 g/mol. The van der Waals surface area contributed by atoms with Crippen LogP contribution in [-0.4, -0.2) is 257 Å². The van der Waals surface area contributed by atoms with Crippen LogP contribution < -0.4 is 37.6 Å². The highest BCUT2D eigenvalue weighted by Gasteiger charge is 2.48. The van der Waals surface area contributed by atoms with E-state index in [-0.39, 0.29) is 92.5 Å². The number of likely N-dealkylation sites (N-methyl/N-ethyl adjacent to an activating group) is 2. The van der Waals surface area contributed by atoms with E-state index in [9.17, 15) is 73.2 Å². The molecule has 107 heavy (non-hydrogen) atoms. The number of imide groups is 1. The lowest BCUT2D eigenvalue weighted by Crippen LogP contribution is -2.60. The second-order valence-corrected chi connectivity index (χ2v) is 30.3. The number of likely N-dealkylation sites (tertiary alicyclic amines) is 2. The van der Waals surface area contributed by atoms with Gasteiger partial charge in [-0.15, -0.1) is 0 Å². The average Bonchev–Trinajstić information content (AvgIpc) is 1.57. The van der Waals surface area contributed by atoms with Gasteiger partial charge in [-0.2, -0.15) is 11.8 Å². The van der Waals surface area contributed by atoms with Crippen LogP contribution in [0.5, 0.6) is 0 Å². The van der Waals surface area contributed by atoms with Crippen molar-refractivity contribution in [1.82, 2.24) is 46.2 Å². The number of thioether (sulfide) groups is 1. The van der Waals surface area contributed by atoms with Crippen LogP contribution in [0.2, 0.25) is 0 Å². The normalized spacial score (nSPS) is 21.9. The van der Waals surface area contributed by atoms with Crippen molar-refractivity contribution in [3.63, 3.8) is 0 Å². The van der Waals surface area contributed by atoms with Crippen LogP contribution >= 0.6 is 11.8 Å². The summed E-state index contributed by atoms with van der Waals surface area (Å²) in [4.78, 5) is 155. The number of aliphatic hydroxyl groups is 4. The van der Waals surface area contributed by atoms with Crippen molar-refractivity contribution in [2.45, 2.75) is 243 Å². The van der Waals surface area contributed by atoms with Crippen LogP contribution in [-0.2, 0) is 73.4 Å². The maximum atomic E-state index is 14.9. The average molecular weight is 1530 g/mol. The van der Waals surface area contributed by atoms with E-state index in [1.54, 1.807) is 128 Å². The number of rotatable bonds is 42. The summed E-state index contributed by atoms with van der Waals surface area (Å²) in [6.45, 7) is 17.7. The molecule has 0 spiro atoms. The van der Waals surface area contributed by atoms with Gasteiger partial charge in [-0.1, -0.05) is 118 Å². The minimum absolute atomic E-state index is 0.0732. The standard InChI is InChI=1S/C75H119N11O20S/c1-16-44(8)61(52(102-13)37-56(89)85-36-24-28-51(85)65(103-14)45(9)67(94)78-46(10)66(48-25-19-17-20-26-48)106-73-64(93)63(92)62(91)53(39-87)105-73)83(11)72(99)59(42(4)5)82-70(97)60(43(6)7)84(12)75(101)104-40-47-30-32-49(33-31-47)79-68(95)50(27-23-34-77-74(76)100)80-69(96)58(41(2)3)81-55(88)29-21-18-22-35-86-57(90)38-54(107-15)71(86)98/h17,19-20,25-26,30-33,41-46,50-54,58-66,73,87,91-93H,16,18,21-24,27-29,34-40H2,1-15H3,(H,78,94)(H,79,95)(H,80,96)(H,81,88)(H,82,97)(H3,76,77,100). The first-order chi connectivity index (χ1) is 50.7. The summed E-state index contributed by atoms with van der Waals surface area (Å²) in [6.07, 6.45) is -5.73. The number of primary amides is 1. The van der Waals surface area contributed by atoms with Gasteiger partial charge in [0.2, 0.25) is 53.2 Å². The Kier molecular flexibility index (Phi) is 36.7. The number of carbonyl (C=O) groups is 11. The predicted octanol–water partition coefficient (Wildman–Crippen LogP) is 3.47. The number of hydrogen-bond acceptors (Lipinski definition) is 21. The Bertz CT molecular complexity index is 3250. The van der Waals surface area contributed by atoms with Gasteiger partial charge >= 0.3 is 12.1 Å². The molecule has 0 aliphatic carbocycles. The molecule has 18 unspecified atom stereocenters. The minimum Gasteiger partial charge on any atom is -0.445 e. The summed E-state index contributed by atoms with van der Waals surface area (Å²) >= 11 is 1.34. The van der Waals surface area contributed by atoms with Crippen molar-refractivity contribution in [2.24, 2.45) is 35.3 Å². The third-order valence-corrected chi connectivity index (χ3v) is 21.3. The molecule has 3 heterocycles. The molecule has 32 heteroatoms. The van der Waals surface area contributed by atoms with Gasteiger partial charge in [0.15, 0.2) is 6.29 Å². The SMILES string of the molecule is CCC(C)C(C(CC(=O)N1CCCC1C(OC)C(C)C(=O)NC(C)C(OC1OC(CO)C(O)C(O)C1O)c1ccccc1)OC)N(C)C(=O)C(NC(=O)C(C(C)C)N(C)C(=O)OCc1ccc(NC(=O)C(CCCNC(N)=O)NC(=O)C(NC(=O)CCCCCN2C(=O)CC(SC)C2=O)C(C)C)cc1)C(C)C. The molecule has 0 bridgehead atoms. The number of unbranched alkanes of at least 4 members (excludes halogenated alkanes) is 2. The zero-order valence-electron chi connectivity index (χ0n) is 64.7. The highest BCUT2D eigenvalue weighted by Crippen LogP contribution is 2.33. The van der Waals surface area contributed by atoms with E-state index in [1.165, 1.54) is 42.8 Å². The van der Waals surface area contributed by atoms with E-state index in [0.29, 0.717) is 61.9 Å². The van der Waals surface area contributed by atoms with Gasteiger partial charge in [0, 0.05) is 66.5 Å². The number of nitrogens with two attached hydrogens (primary N) is 1. The summed E-state index contributed by atoms with van der Waals surface area (Å²) < 4.78 is 29.8. The molecule has 2 aromatic carbocycles. The molecule has 31 nitrogen and oxygen atoms in total. The Morgan fingerprint density at radius 2 is 1.41 bits per heavy atom. The van der Waals surface area contributed by atoms with Gasteiger partial charge in [0.05, 0.1) is 54.5 Å². The van der Waals surface area contributed by atoms with Crippen LogP contribution in [0.4, 0.5) is 15.3 Å². The van der Waals surface area contributed by atoms with Crippen LogP contribution in [0.3, 0.4) is 0 Å². The molecule has 0 radical (unpaired) electrons. The number of carbonyl (C=O) groups excluding carboxylic acids is 11. The maximum Gasteiger partial charge on any atom is 0.410 e.